The average molecular weight is 719 g/mol. The monoisotopic (exact) mass is 718 g/mol. The van der Waals surface area contributed by atoms with Crippen LogP contribution in [0.5, 0.6) is 0 Å². The molecule has 0 radical (unpaired) electrons. The van der Waals surface area contributed by atoms with E-state index in [-0.39, 0.29) is 0 Å². The molecule has 0 fully saturated rings. The lowest BCUT2D eigenvalue weighted by atomic mass is 9.85. The van der Waals surface area contributed by atoms with Crippen LogP contribution in [-0.4, -0.2) is 0 Å². The Kier molecular flexibility index (Phi) is 6.48. The third kappa shape index (κ3) is 4.54. The molecular formula is C52H30S2. The second-order valence-corrected chi connectivity index (χ2v) is 16.6. The number of fused-ring (bicyclic) bond motifs is 10. The molecule has 0 saturated heterocycles. The maximum atomic E-state index is 2.42. The van der Waals surface area contributed by atoms with E-state index >= 15 is 0 Å². The fourth-order valence-corrected chi connectivity index (χ4v) is 11.1. The molecule has 0 nitrogen and oxygen atoms in total. The summed E-state index contributed by atoms with van der Waals surface area (Å²) in [6.45, 7) is 0. The van der Waals surface area contributed by atoms with Gasteiger partial charge in [-0.2, -0.15) is 0 Å². The molecule has 0 unspecified atom stereocenters. The van der Waals surface area contributed by atoms with Gasteiger partial charge in [-0.3, -0.25) is 0 Å². The van der Waals surface area contributed by atoms with Crippen molar-refractivity contribution < 1.29 is 0 Å². The molecule has 0 spiro atoms. The summed E-state index contributed by atoms with van der Waals surface area (Å²) in [5.41, 5.74) is 7.53. The van der Waals surface area contributed by atoms with Crippen LogP contribution in [0, 0.1) is 0 Å². The van der Waals surface area contributed by atoms with Crippen LogP contribution in [0.1, 0.15) is 0 Å². The highest BCUT2D eigenvalue weighted by Gasteiger charge is 2.17. The summed E-state index contributed by atoms with van der Waals surface area (Å²) in [5.74, 6) is 0. The SMILES string of the molecule is c1ccc2cc(-c3c4ccccc4c(-c4ccc(-c5ccc6cc7sc8cc9c(cc8c7cc6c5)sc5ccccc59)cc4)c4ccccc34)ccc2c1. The highest BCUT2D eigenvalue weighted by Crippen LogP contribution is 2.46. The standard InChI is InChI=1S/C52H30S2/c1-2-10-34-25-37(24-19-31(34)9-1)52-42-14-5-3-12-40(42)51(41-13-4-6-15-43(41)52)33-20-17-32(18-21-33)35-22-23-36-28-48-44(27-38(36)26-35)46-30-49-45(29-50(46)54-48)39-11-7-8-16-47(39)53-49/h1-30H. The second kappa shape index (κ2) is 11.6. The van der Waals surface area contributed by atoms with Gasteiger partial charge in [-0.1, -0.05) is 140 Å². The number of benzene rings is 10. The molecule has 12 aromatic rings. The molecule has 0 saturated carbocycles. The topological polar surface area (TPSA) is 0 Å². The molecular weight excluding hydrogens is 689 g/mol. The lowest BCUT2D eigenvalue weighted by Crippen LogP contribution is -1.91. The Morgan fingerprint density at radius 1 is 0.222 bits per heavy atom. The van der Waals surface area contributed by atoms with E-state index in [2.05, 4.69) is 182 Å². The number of thiophene rings is 2. The lowest BCUT2D eigenvalue weighted by Gasteiger charge is -2.18. The third-order valence-corrected chi connectivity index (χ3v) is 13.7. The van der Waals surface area contributed by atoms with Crippen molar-refractivity contribution in [2.75, 3.05) is 0 Å². The zero-order chi connectivity index (χ0) is 35.3. The van der Waals surface area contributed by atoms with Crippen LogP contribution in [0.2, 0.25) is 0 Å². The van der Waals surface area contributed by atoms with Crippen molar-refractivity contribution in [2.24, 2.45) is 0 Å². The van der Waals surface area contributed by atoms with Gasteiger partial charge in [0.15, 0.2) is 0 Å². The minimum atomic E-state index is 1.23. The van der Waals surface area contributed by atoms with E-state index in [0.717, 1.165) is 0 Å². The van der Waals surface area contributed by atoms with Crippen LogP contribution in [0.3, 0.4) is 0 Å². The van der Waals surface area contributed by atoms with E-state index in [9.17, 15) is 0 Å². The third-order valence-electron chi connectivity index (χ3n) is 11.4. The first kappa shape index (κ1) is 30.2. The van der Waals surface area contributed by atoms with Crippen LogP contribution in [-0.2, 0) is 0 Å². The van der Waals surface area contributed by atoms with Crippen molar-refractivity contribution in [3.05, 3.63) is 182 Å². The molecule has 54 heavy (non-hydrogen) atoms. The Hall–Kier alpha value is -6.32. The molecule has 0 aliphatic heterocycles. The predicted octanol–water partition coefficient (Wildman–Crippen LogP) is 16.0. The molecule has 0 aliphatic rings. The predicted molar refractivity (Wildman–Crippen MR) is 239 cm³/mol. The van der Waals surface area contributed by atoms with Crippen molar-refractivity contribution in [1.82, 2.24) is 0 Å². The van der Waals surface area contributed by atoms with Crippen LogP contribution in [0.25, 0.3) is 117 Å². The zero-order valence-electron chi connectivity index (χ0n) is 29.1. The number of hydrogen-bond acceptors (Lipinski definition) is 2. The Labute approximate surface area is 319 Å². The van der Waals surface area contributed by atoms with Crippen LogP contribution < -0.4 is 0 Å². The summed E-state index contributed by atoms with van der Waals surface area (Å²) in [5, 5.41) is 15.6. The van der Waals surface area contributed by atoms with Crippen molar-refractivity contribution in [2.45, 2.75) is 0 Å². The summed E-state index contributed by atoms with van der Waals surface area (Å²) < 4.78 is 5.43. The smallest absolute Gasteiger partial charge is 0.0362 e. The minimum Gasteiger partial charge on any atom is -0.135 e. The van der Waals surface area contributed by atoms with Crippen molar-refractivity contribution >= 4 is 106 Å². The molecule has 0 atom stereocenters. The maximum Gasteiger partial charge on any atom is 0.0362 e. The van der Waals surface area contributed by atoms with Crippen LogP contribution in [0.4, 0.5) is 0 Å². The molecule has 12 rings (SSSR count). The summed E-state index contributed by atoms with van der Waals surface area (Å²) >= 11 is 3.81. The van der Waals surface area contributed by atoms with E-state index < -0.39 is 0 Å². The number of rotatable bonds is 3. The molecule has 2 aromatic heterocycles. The molecule has 2 heteroatoms. The van der Waals surface area contributed by atoms with Crippen LogP contribution in [0.15, 0.2) is 182 Å². The van der Waals surface area contributed by atoms with Crippen molar-refractivity contribution in [3.8, 4) is 33.4 Å². The van der Waals surface area contributed by atoms with Gasteiger partial charge in [-0.25, -0.2) is 0 Å². The first-order chi connectivity index (χ1) is 26.7. The Morgan fingerprint density at radius 3 is 1.39 bits per heavy atom. The first-order valence-electron chi connectivity index (χ1n) is 18.5. The van der Waals surface area contributed by atoms with E-state index in [0.29, 0.717) is 0 Å². The van der Waals surface area contributed by atoms with E-state index in [1.54, 1.807) is 0 Å². The average Bonchev–Trinajstić information content (AvgIpc) is 3.77. The summed E-state index contributed by atoms with van der Waals surface area (Å²) in [6, 6.07) is 67.9. The summed E-state index contributed by atoms with van der Waals surface area (Å²) in [7, 11) is 0. The van der Waals surface area contributed by atoms with Gasteiger partial charge in [0.05, 0.1) is 0 Å². The van der Waals surface area contributed by atoms with E-state index in [4.69, 9.17) is 0 Å². The van der Waals surface area contributed by atoms with Crippen LogP contribution >= 0.6 is 22.7 Å². The normalized spacial score (nSPS) is 12.1. The van der Waals surface area contributed by atoms with E-state index in [1.165, 1.54) is 117 Å². The van der Waals surface area contributed by atoms with E-state index in [1.807, 2.05) is 22.7 Å². The van der Waals surface area contributed by atoms with Gasteiger partial charge >= 0.3 is 0 Å². The molecule has 0 bridgehead atoms. The highest BCUT2D eigenvalue weighted by molar-refractivity contribution is 7.27. The highest BCUT2D eigenvalue weighted by atomic mass is 32.1. The summed E-state index contributed by atoms with van der Waals surface area (Å²) in [4.78, 5) is 0. The van der Waals surface area contributed by atoms with Gasteiger partial charge in [0.1, 0.15) is 0 Å². The molecule has 0 aliphatic carbocycles. The molecule has 0 N–H and O–H groups in total. The van der Waals surface area contributed by atoms with Gasteiger partial charge < -0.3 is 0 Å². The largest absolute Gasteiger partial charge is 0.135 e. The fraction of sp³-hybridized carbons (Fsp3) is 0. The quantitative estimate of drug-likeness (QED) is 0.160. The zero-order valence-corrected chi connectivity index (χ0v) is 30.8. The van der Waals surface area contributed by atoms with Gasteiger partial charge in [0, 0.05) is 40.3 Å². The molecule has 2 heterocycles. The molecule has 250 valence electrons. The Balaban J connectivity index is 0.974. The van der Waals surface area contributed by atoms with Gasteiger partial charge in [-0.05, 0) is 119 Å². The molecule has 0 amide bonds. The van der Waals surface area contributed by atoms with Gasteiger partial charge in [0.2, 0.25) is 0 Å². The van der Waals surface area contributed by atoms with Crippen molar-refractivity contribution in [1.29, 1.82) is 0 Å². The number of hydrogen-bond donors (Lipinski definition) is 0. The Bertz CT molecular complexity index is 3430. The first-order valence-corrected chi connectivity index (χ1v) is 20.1. The molecule has 10 aromatic carbocycles. The van der Waals surface area contributed by atoms with Gasteiger partial charge in [0.25, 0.3) is 0 Å². The summed E-state index contributed by atoms with van der Waals surface area (Å²) in [6.07, 6.45) is 0. The van der Waals surface area contributed by atoms with Crippen molar-refractivity contribution in [3.63, 3.8) is 0 Å². The van der Waals surface area contributed by atoms with Gasteiger partial charge in [-0.15, -0.1) is 22.7 Å². The second-order valence-electron chi connectivity index (χ2n) is 14.4. The minimum absolute atomic E-state index is 1.23. The maximum absolute atomic E-state index is 2.42. The fourth-order valence-electron chi connectivity index (χ4n) is 8.84. The Morgan fingerprint density at radius 2 is 0.667 bits per heavy atom. The lowest BCUT2D eigenvalue weighted by molar-refractivity contribution is 1.63.